The standard InChI is InChI=1S/C18H17ClN2S/c1-22-13-5-2-11(3-6-13)17-18-14(8-9-20-17)15-10-12(19)4-7-16(15)21-18/h2-7,10,17,20-21H,8-9H2,1H3. The number of aromatic amines is 1. The van der Waals surface area contributed by atoms with Crippen LogP contribution in [0.15, 0.2) is 47.4 Å². The molecule has 0 radical (unpaired) electrons. The number of rotatable bonds is 2. The topological polar surface area (TPSA) is 27.8 Å². The molecular weight excluding hydrogens is 312 g/mol. The lowest BCUT2D eigenvalue weighted by molar-refractivity contribution is 0.560. The highest BCUT2D eigenvalue weighted by Crippen LogP contribution is 2.34. The van der Waals surface area contributed by atoms with Crippen LogP contribution in [0.25, 0.3) is 10.9 Å². The second-order valence-corrected chi connectivity index (χ2v) is 6.93. The molecule has 112 valence electrons. The van der Waals surface area contributed by atoms with E-state index in [0.717, 1.165) is 18.0 Å². The summed E-state index contributed by atoms with van der Waals surface area (Å²) in [6.07, 6.45) is 3.14. The first-order chi connectivity index (χ1) is 10.8. The van der Waals surface area contributed by atoms with Crippen molar-refractivity contribution in [3.8, 4) is 0 Å². The molecule has 0 aliphatic carbocycles. The lowest BCUT2D eigenvalue weighted by atomic mass is 9.94. The Morgan fingerprint density at radius 3 is 2.73 bits per heavy atom. The van der Waals surface area contributed by atoms with Gasteiger partial charge in [0.25, 0.3) is 0 Å². The maximum absolute atomic E-state index is 6.17. The molecule has 0 saturated carbocycles. The van der Waals surface area contributed by atoms with Gasteiger partial charge < -0.3 is 10.3 Å². The van der Waals surface area contributed by atoms with E-state index in [4.69, 9.17) is 11.6 Å². The van der Waals surface area contributed by atoms with E-state index in [1.807, 2.05) is 6.07 Å². The molecule has 1 unspecified atom stereocenters. The van der Waals surface area contributed by atoms with E-state index in [1.165, 1.54) is 32.6 Å². The Morgan fingerprint density at radius 2 is 1.95 bits per heavy atom. The van der Waals surface area contributed by atoms with E-state index in [9.17, 15) is 0 Å². The molecule has 4 heteroatoms. The van der Waals surface area contributed by atoms with Crippen LogP contribution >= 0.6 is 23.4 Å². The summed E-state index contributed by atoms with van der Waals surface area (Å²) in [6.45, 7) is 0.988. The summed E-state index contributed by atoms with van der Waals surface area (Å²) in [7, 11) is 0. The van der Waals surface area contributed by atoms with Gasteiger partial charge in [-0.15, -0.1) is 11.8 Å². The molecule has 1 atom stereocenters. The van der Waals surface area contributed by atoms with Crippen LogP contribution in [0.5, 0.6) is 0 Å². The van der Waals surface area contributed by atoms with Crippen molar-refractivity contribution in [3.63, 3.8) is 0 Å². The number of thioether (sulfide) groups is 1. The molecule has 0 amide bonds. The van der Waals surface area contributed by atoms with Gasteiger partial charge in [-0.3, -0.25) is 0 Å². The average Bonchev–Trinajstić information content (AvgIpc) is 2.93. The molecule has 1 aliphatic rings. The molecular formula is C18H17ClN2S. The smallest absolute Gasteiger partial charge is 0.0732 e. The van der Waals surface area contributed by atoms with Crippen LogP contribution in [0.1, 0.15) is 22.9 Å². The van der Waals surface area contributed by atoms with E-state index >= 15 is 0 Å². The van der Waals surface area contributed by atoms with E-state index in [2.05, 4.69) is 53.0 Å². The van der Waals surface area contributed by atoms with Crippen molar-refractivity contribution in [1.82, 2.24) is 10.3 Å². The van der Waals surface area contributed by atoms with Gasteiger partial charge in [0.1, 0.15) is 0 Å². The number of hydrogen-bond donors (Lipinski definition) is 2. The number of halogens is 1. The Morgan fingerprint density at radius 1 is 1.14 bits per heavy atom. The third-order valence-electron chi connectivity index (χ3n) is 4.36. The maximum Gasteiger partial charge on any atom is 0.0732 e. The number of hydrogen-bond acceptors (Lipinski definition) is 2. The molecule has 1 aromatic heterocycles. The zero-order valence-electron chi connectivity index (χ0n) is 12.3. The van der Waals surface area contributed by atoms with E-state index < -0.39 is 0 Å². The van der Waals surface area contributed by atoms with Gasteiger partial charge in [0.2, 0.25) is 0 Å². The summed E-state index contributed by atoms with van der Waals surface area (Å²) < 4.78 is 0. The Balaban J connectivity index is 1.82. The van der Waals surface area contributed by atoms with Gasteiger partial charge in [-0.2, -0.15) is 0 Å². The van der Waals surface area contributed by atoms with Crippen LogP contribution in [-0.4, -0.2) is 17.8 Å². The van der Waals surface area contributed by atoms with Gasteiger partial charge >= 0.3 is 0 Å². The second kappa shape index (κ2) is 5.65. The normalized spacial score (nSPS) is 17.6. The highest BCUT2D eigenvalue weighted by atomic mass is 35.5. The Bertz CT molecular complexity index is 823. The number of benzene rings is 2. The van der Waals surface area contributed by atoms with Crippen molar-refractivity contribution in [2.75, 3.05) is 12.8 Å². The first-order valence-electron chi connectivity index (χ1n) is 7.43. The second-order valence-electron chi connectivity index (χ2n) is 5.62. The third kappa shape index (κ3) is 2.34. The van der Waals surface area contributed by atoms with Gasteiger partial charge in [-0.05, 0) is 54.1 Å². The van der Waals surface area contributed by atoms with Gasteiger partial charge in [0, 0.05) is 33.1 Å². The first kappa shape index (κ1) is 14.2. The summed E-state index contributed by atoms with van der Waals surface area (Å²) in [5.74, 6) is 0. The molecule has 2 aromatic carbocycles. The maximum atomic E-state index is 6.17. The van der Waals surface area contributed by atoms with Crippen LogP contribution in [0, 0.1) is 0 Å². The van der Waals surface area contributed by atoms with Crippen LogP contribution in [0.4, 0.5) is 0 Å². The van der Waals surface area contributed by atoms with Crippen LogP contribution in [0.2, 0.25) is 5.02 Å². The molecule has 0 bridgehead atoms. The predicted molar refractivity (Wildman–Crippen MR) is 95.1 cm³/mol. The molecule has 0 fully saturated rings. The fourth-order valence-corrected chi connectivity index (χ4v) is 3.86. The quantitative estimate of drug-likeness (QED) is 0.663. The Labute approximate surface area is 139 Å². The SMILES string of the molecule is CSc1ccc(C2NCCc3c2[nH]c2ccc(Cl)cc32)cc1. The number of aromatic nitrogens is 1. The Kier molecular flexibility index (Phi) is 3.65. The molecule has 0 spiro atoms. The van der Waals surface area contributed by atoms with Crippen molar-refractivity contribution >= 4 is 34.3 Å². The fraction of sp³-hybridized carbons (Fsp3) is 0.222. The van der Waals surface area contributed by atoms with Gasteiger partial charge in [-0.25, -0.2) is 0 Å². The zero-order chi connectivity index (χ0) is 15.1. The molecule has 1 aliphatic heterocycles. The number of H-pyrrole nitrogens is 1. The van der Waals surface area contributed by atoms with Gasteiger partial charge in [0.05, 0.1) is 6.04 Å². The third-order valence-corrected chi connectivity index (χ3v) is 5.34. The molecule has 2 N–H and O–H groups in total. The summed E-state index contributed by atoms with van der Waals surface area (Å²) in [4.78, 5) is 4.89. The number of nitrogens with one attached hydrogen (secondary N) is 2. The molecule has 2 heterocycles. The summed E-state index contributed by atoms with van der Waals surface area (Å²) in [6, 6.07) is 15.1. The monoisotopic (exact) mass is 328 g/mol. The highest BCUT2D eigenvalue weighted by molar-refractivity contribution is 7.98. The van der Waals surface area contributed by atoms with Crippen molar-refractivity contribution in [2.45, 2.75) is 17.4 Å². The minimum absolute atomic E-state index is 0.228. The van der Waals surface area contributed by atoms with Gasteiger partial charge in [0.15, 0.2) is 0 Å². The lowest BCUT2D eigenvalue weighted by Gasteiger charge is -2.25. The molecule has 2 nitrogen and oxygen atoms in total. The molecule has 0 saturated heterocycles. The fourth-order valence-electron chi connectivity index (χ4n) is 3.28. The van der Waals surface area contributed by atoms with Crippen LogP contribution in [-0.2, 0) is 6.42 Å². The molecule has 4 rings (SSSR count). The van der Waals surface area contributed by atoms with Crippen molar-refractivity contribution < 1.29 is 0 Å². The largest absolute Gasteiger partial charge is 0.357 e. The average molecular weight is 329 g/mol. The van der Waals surface area contributed by atoms with E-state index in [0.29, 0.717) is 0 Å². The van der Waals surface area contributed by atoms with E-state index in [-0.39, 0.29) is 6.04 Å². The summed E-state index contributed by atoms with van der Waals surface area (Å²) >= 11 is 7.95. The number of fused-ring (bicyclic) bond motifs is 3. The summed E-state index contributed by atoms with van der Waals surface area (Å²) in [5.41, 5.74) is 5.15. The summed E-state index contributed by atoms with van der Waals surface area (Å²) in [5, 5.41) is 5.69. The van der Waals surface area contributed by atoms with E-state index in [1.54, 1.807) is 11.8 Å². The minimum atomic E-state index is 0.228. The first-order valence-corrected chi connectivity index (χ1v) is 9.04. The predicted octanol–water partition coefficient (Wildman–Crippen LogP) is 4.78. The van der Waals surface area contributed by atoms with Crippen LogP contribution in [0.3, 0.4) is 0 Å². The minimum Gasteiger partial charge on any atom is -0.357 e. The zero-order valence-corrected chi connectivity index (χ0v) is 13.9. The highest BCUT2D eigenvalue weighted by Gasteiger charge is 2.25. The molecule has 3 aromatic rings. The Hall–Kier alpha value is -1.42. The van der Waals surface area contributed by atoms with Crippen LogP contribution < -0.4 is 5.32 Å². The van der Waals surface area contributed by atoms with Gasteiger partial charge in [-0.1, -0.05) is 23.7 Å². The van der Waals surface area contributed by atoms with Crippen molar-refractivity contribution in [1.29, 1.82) is 0 Å². The molecule has 22 heavy (non-hydrogen) atoms. The lowest BCUT2D eigenvalue weighted by Crippen LogP contribution is -2.30. The van der Waals surface area contributed by atoms with Crippen molar-refractivity contribution in [3.05, 3.63) is 64.3 Å². The van der Waals surface area contributed by atoms with Crippen molar-refractivity contribution in [2.24, 2.45) is 0 Å².